The van der Waals surface area contributed by atoms with Crippen molar-refractivity contribution in [3.8, 4) is 11.5 Å². The van der Waals surface area contributed by atoms with Gasteiger partial charge in [0.25, 0.3) is 0 Å². The highest BCUT2D eigenvalue weighted by Gasteiger charge is 2.26. The molecule has 1 saturated heterocycles. The fourth-order valence-electron chi connectivity index (χ4n) is 3.30. The third kappa shape index (κ3) is 3.16. The number of hydrogen-bond donors (Lipinski definition) is 1. The van der Waals surface area contributed by atoms with Crippen molar-refractivity contribution in [3.63, 3.8) is 0 Å². The van der Waals surface area contributed by atoms with Crippen molar-refractivity contribution >= 4 is 0 Å². The van der Waals surface area contributed by atoms with Crippen LogP contribution in [0, 0.1) is 0 Å². The van der Waals surface area contributed by atoms with Crippen LogP contribution in [0.5, 0.6) is 11.5 Å². The summed E-state index contributed by atoms with van der Waals surface area (Å²) in [6.07, 6.45) is 3.87. The van der Waals surface area contributed by atoms with E-state index in [1.165, 1.54) is 24.8 Å². The average molecular weight is 290 g/mol. The number of hydrazine groups is 1. The summed E-state index contributed by atoms with van der Waals surface area (Å²) in [5.74, 6) is 1.73. The van der Waals surface area contributed by atoms with E-state index in [4.69, 9.17) is 9.47 Å². The van der Waals surface area contributed by atoms with Crippen molar-refractivity contribution in [2.24, 2.45) is 0 Å². The number of piperidine rings is 1. The van der Waals surface area contributed by atoms with Gasteiger partial charge < -0.3 is 9.47 Å². The molecule has 2 heterocycles. The van der Waals surface area contributed by atoms with E-state index in [0.717, 1.165) is 11.5 Å². The predicted molar refractivity (Wildman–Crippen MR) is 83.6 cm³/mol. The molecule has 0 amide bonds. The summed E-state index contributed by atoms with van der Waals surface area (Å²) in [6.45, 7) is 8.10. The van der Waals surface area contributed by atoms with Gasteiger partial charge in [-0.1, -0.05) is 12.5 Å². The van der Waals surface area contributed by atoms with Crippen molar-refractivity contribution in [2.75, 3.05) is 13.2 Å². The summed E-state index contributed by atoms with van der Waals surface area (Å²) in [5, 5.41) is 2.42. The molecule has 0 bridgehead atoms. The number of benzene rings is 1. The molecule has 0 saturated carbocycles. The third-order valence-electron chi connectivity index (χ3n) is 4.60. The molecule has 1 aromatic rings. The first-order valence-electron chi connectivity index (χ1n) is 8.09. The quantitative estimate of drug-likeness (QED) is 0.926. The minimum Gasteiger partial charge on any atom is -0.486 e. The zero-order chi connectivity index (χ0) is 14.8. The summed E-state index contributed by atoms with van der Waals surface area (Å²) < 4.78 is 11.3. The van der Waals surface area contributed by atoms with E-state index in [-0.39, 0.29) is 6.04 Å². The summed E-state index contributed by atoms with van der Waals surface area (Å²) in [6, 6.07) is 7.70. The molecule has 1 fully saturated rings. The summed E-state index contributed by atoms with van der Waals surface area (Å²) >= 11 is 0. The molecule has 3 rings (SSSR count). The Bertz CT molecular complexity index is 482. The zero-order valence-corrected chi connectivity index (χ0v) is 13.3. The Morgan fingerprint density at radius 1 is 1.10 bits per heavy atom. The molecule has 1 N–H and O–H groups in total. The Morgan fingerprint density at radius 3 is 2.48 bits per heavy atom. The number of ether oxygens (including phenoxy) is 2. The van der Waals surface area contributed by atoms with Gasteiger partial charge in [-0.05, 0) is 51.3 Å². The van der Waals surface area contributed by atoms with Gasteiger partial charge in [0.15, 0.2) is 11.5 Å². The molecule has 3 unspecified atom stereocenters. The fourth-order valence-corrected chi connectivity index (χ4v) is 3.30. The maximum atomic E-state index is 5.68. The smallest absolute Gasteiger partial charge is 0.161 e. The van der Waals surface area contributed by atoms with Gasteiger partial charge in [0, 0.05) is 18.1 Å². The topological polar surface area (TPSA) is 33.7 Å². The Labute approximate surface area is 127 Å². The molecule has 0 radical (unpaired) electrons. The summed E-state index contributed by atoms with van der Waals surface area (Å²) in [4.78, 5) is 0. The van der Waals surface area contributed by atoms with Crippen molar-refractivity contribution in [3.05, 3.63) is 23.8 Å². The van der Waals surface area contributed by atoms with Crippen LogP contribution in [0.3, 0.4) is 0 Å². The summed E-state index contributed by atoms with van der Waals surface area (Å²) in [7, 11) is 0. The van der Waals surface area contributed by atoms with Crippen molar-refractivity contribution in [2.45, 2.75) is 58.2 Å². The Balaban J connectivity index is 1.71. The Hall–Kier alpha value is -1.26. The average Bonchev–Trinajstić information content (AvgIpc) is 2.50. The van der Waals surface area contributed by atoms with Crippen molar-refractivity contribution in [1.82, 2.24) is 10.4 Å². The van der Waals surface area contributed by atoms with Crippen LogP contribution < -0.4 is 14.9 Å². The molecule has 116 valence electrons. The molecule has 1 aromatic carbocycles. The number of hydrogen-bond acceptors (Lipinski definition) is 4. The minimum absolute atomic E-state index is 0.267. The van der Waals surface area contributed by atoms with Gasteiger partial charge in [0.05, 0.1) is 0 Å². The van der Waals surface area contributed by atoms with Gasteiger partial charge in [-0.15, -0.1) is 0 Å². The standard InChI is InChI=1S/C17H26N2O2/c1-12-5-4-6-13(2)19(12)18-14(3)15-7-8-16-17(11-15)21-10-9-20-16/h7-8,11-14,18H,4-6,9-10H2,1-3H3. The number of rotatable bonds is 3. The van der Waals surface area contributed by atoms with Crippen LogP contribution in [0.4, 0.5) is 0 Å². The third-order valence-corrected chi connectivity index (χ3v) is 4.60. The largest absolute Gasteiger partial charge is 0.486 e. The number of fused-ring (bicyclic) bond motifs is 1. The maximum absolute atomic E-state index is 5.68. The molecule has 0 aromatic heterocycles. The van der Waals surface area contributed by atoms with E-state index in [0.29, 0.717) is 25.3 Å². The Kier molecular flexibility index (Phi) is 4.36. The lowest BCUT2D eigenvalue weighted by Crippen LogP contribution is -2.52. The second-order valence-electron chi connectivity index (χ2n) is 6.29. The van der Waals surface area contributed by atoms with Crippen LogP contribution in [0.25, 0.3) is 0 Å². The lowest BCUT2D eigenvalue weighted by atomic mass is 9.99. The predicted octanol–water partition coefficient (Wildman–Crippen LogP) is 3.29. The van der Waals surface area contributed by atoms with Crippen LogP contribution >= 0.6 is 0 Å². The van der Waals surface area contributed by atoms with Gasteiger partial charge in [0.2, 0.25) is 0 Å². The number of nitrogens with one attached hydrogen (secondary N) is 1. The second kappa shape index (κ2) is 6.24. The van der Waals surface area contributed by atoms with Crippen molar-refractivity contribution < 1.29 is 9.47 Å². The van der Waals surface area contributed by atoms with Gasteiger partial charge in [-0.2, -0.15) is 0 Å². The highest BCUT2D eigenvalue weighted by atomic mass is 16.6. The van der Waals surface area contributed by atoms with Crippen LogP contribution in [-0.2, 0) is 0 Å². The molecular formula is C17H26N2O2. The van der Waals surface area contributed by atoms with E-state index < -0.39 is 0 Å². The van der Waals surface area contributed by atoms with Crippen molar-refractivity contribution in [1.29, 1.82) is 0 Å². The highest BCUT2D eigenvalue weighted by Crippen LogP contribution is 2.33. The molecule has 4 heteroatoms. The van der Waals surface area contributed by atoms with E-state index in [1.807, 2.05) is 6.07 Å². The SMILES string of the molecule is CC(NN1C(C)CCCC1C)c1ccc2c(c1)OCCO2. The van der Waals surface area contributed by atoms with Gasteiger partial charge in [-0.3, -0.25) is 0 Å². The molecule has 3 atom stereocenters. The van der Waals surface area contributed by atoms with Gasteiger partial charge in [-0.25, -0.2) is 10.4 Å². The first kappa shape index (κ1) is 14.7. The van der Waals surface area contributed by atoms with Crippen LogP contribution in [0.2, 0.25) is 0 Å². The molecule has 0 spiro atoms. The normalized spacial score (nSPS) is 27.4. The molecule has 2 aliphatic rings. The number of nitrogens with zero attached hydrogens (tertiary/aromatic N) is 1. The fraction of sp³-hybridized carbons (Fsp3) is 0.647. The van der Waals surface area contributed by atoms with Gasteiger partial charge >= 0.3 is 0 Å². The minimum atomic E-state index is 0.267. The van der Waals surface area contributed by atoms with Crippen LogP contribution in [0.1, 0.15) is 51.6 Å². The zero-order valence-electron chi connectivity index (χ0n) is 13.3. The second-order valence-corrected chi connectivity index (χ2v) is 6.29. The highest BCUT2D eigenvalue weighted by molar-refractivity contribution is 5.44. The lowest BCUT2D eigenvalue weighted by molar-refractivity contribution is 0.0319. The summed E-state index contributed by atoms with van der Waals surface area (Å²) in [5.41, 5.74) is 4.92. The first-order valence-corrected chi connectivity index (χ1v) is 8.09. The monoisotopic (exact) mass is 290 g/mol. The molecule has 0 aliphatic carbocycles. The molecule has 2 aliphatic heterocycles. The van der Waals surface area contributed by atoms with Crippen LogP contribution in [0.15, 0.2) is 18.2 Å². The van der Waals surface area contributed by atoms with Crippen LogP contribution in [-0.4, -0.2) is 30.3 Å². The molecular weight excluding hydrogens is 264 g/mol. The van der Waals surface area contributed by atoms with E-state index in [2.05, 4.69) is 43.3 Å². The van der Waals surface area contributed by atoms with E-state index in [1.54, 1.807) is 0 Å². The Morgan fingerprint density at radius 2 is 1.76 bits per heavy atom. The lowest BCUT2D eigenvalue weighted by Gasteiger charge is -2.41. The molecule has 21 heavy (non-hydrogen) atoms. The maximum Gasteiger partial charge on any atom is 0.161 e. The van der Waals surface area contributed by atoms with E-state index in [9.17, 15) is 0 Å². The van der Waals surface area contributed by atoms with E-state index >= 15 is 0 Å². The van der Waals surface area contributed by atoms with Gasteiger partial charge in [0.1, 0.15) is 13.2 Å². The molecule has 4 nitrogen and oxygen atoms in total. The first-order chi connectivity index (χ1) is 10.1.